The van der Waals surface area contributed by atoms with Crippen molar-refractivity contribution in [3.63, 3.8) is 0 Å². The Hall–Kier alpha value is -5.20. The topological polar surface area (TPSA) is 162 Å². The maximum Gasteiger partial charge on any atom is 0.333 e. The number of carbonyl (C=O) groups is 8. The number of imide groups is 4. The van der Waals surface area contributed by atoms with E-state index in [1.165, 1.54) is 20.6 Å². The van der Waals surface area contributed by atoms with E-state index >= 15 is 0 Å². The van der Waals surface area contributed by atoms with Crippen LogP contribution in [-0.2, 0) is 24.0 Å². The van der Waals surface area contributed by atoms with Crippen LogP contribution in [0, 0.1) is 23.3 Å². The Labute approximate surface area is 304 Å². The number of ketones is 2. The zero-order chi connectivity index (χ0) is 38.4. The molecule has 2 aliphatic carbocycles. The van der Waals surface area contributed by atoms with Crippen LogP contribution in [-0.4, -0.2) is 94.0 Å². The predicted octanol–water partition coefficient (Wildman–Crippen LogP) is 4.81. The van der Waals surface area contributed by atoms with Gasteiger partial charge in [-0.05, 0) is 69.7 Å². The lowest BCUT2D eigenvalue weighted by atomic mass is 9.72. The van der Waals surface area contributed by atoms with Crippen molar-refractivity contribution in [1.82, 2.24) is 24.9 Å². The third-order valence-corrected chi connectivity index (χ3v) is 10.5. The molecule has 52 heavy (non-hydrogen) atoms. The zero-order valence-corrected chi connectivity index (χ0v) is 30.8. The lowest BCUT2D eigenvalue weighted by molar-refractivity contribution is -0.161. The van der Waals surface area contributed by atoms with Crippen molar-refractivity contribution in [1.29, 1.82) is 0 Å². The molecule has 1 aromatic rings. The van der Waals surface area contributed by atoms with Crippen molar-refractivity contribution in [2.45, 2.75) is 72.6 Å². The van der Waals surface area contributed by atoms with Crippen molar-refractivity contribution in [3.05, 3.63) is 78.0 Å². The molecule has 8 amide bonds. The van der Waals surface area contributed by atoms with Gasteiger partial charge >= 0.3 is 12.1 Å². The van der Waals surface area contributed by atoms with Gasteiger partial charge in [-0.15, -0.1) is 0 Å². The highest BCUT2D eigenvalue weighted by Crippen LogP contribution is 2.44. The fourth-order valence-electron chi connectivity index (χ4n) is 7.32. The summed E-state index contributed by atoms with van der Waals surface area (Å²) in [6.45, 7) is 7.95. The fourth-order valence-corrected chi connectivity index (χ4v) is 7.32. The fraction of sp³-hybridized carbons (Fsp3) is 0.462. The molecule has 13 nitrogen and oxygen atoms in total. The van der Waals surface area contributed by atoms with Crippen molar-refractivity contribution in [2.24, 2.45) is 16.7 Å². The summed E-state index contributed by atoms with van der Waals surface area (Å²) < 4.78 is 0. The minimum atomic E-state index is -1.41. The van der Waals surface area contributed by atoms with Crippen LogP contribution < -0.4 is 5.32 Å². The maximum absolute atomic E-state index is 13.1. The lowest BCUT2D eigenvalue weighted by Gasteiger charge is -2.43. The molecule has 1 radical (unpaired) electrons. The minimum absolute atomic E-state index is 0.0919. The molecule has 1 aromatic carbocycles. The van der Waals surface area contributed by atoms with E-state index in [4.69, 9.17) is 0 Å². The number of barbiturate groups is 2. The SMILES string of the molecule is CC.CN1C(=O)N(CC(=O)C2=CC=CN[CH]2)C(=O)C(C)(C2CCCC2)C1=O.CN1C(=O)N(CC(=O)c2ccccc2)C(=O)C(C)(C2=CCCC2)C1=O. The summed E-state index contributed by atoms with van der Waals surface area (Å²) in [5.74, 6) is -2.95. The Bertz CT molecular complexity index is 1730. The van der Waals surface area contributed by atoms with Gasteiger partial charge < -0.3 is 5.32 Å². The summed E-state index contributed by atoms with van der Waals surface area (Å²) in [5.41, 5.74) is -1.15. The first-order valence-corrected chi connectivity index (χ1v) is 17.8. The number of dihydropyridines is 1. The molecule has 13 heteroatoms. The normalized spacial score (nSPS) is 24.9. The molecule has 3 fully saturated rings. The predicted molar refractivity (Wildman–Crippen MR) is 192 cm³/mol. The number of nitrogens with zero attached hydrogens (tertiary/aromatic N) is 4. The summed E-state index contributed by atoms with van der Waals surface area (Å²) >= 11 is 0. The van der Waals surface area contributed by atoms with E-state index in [0.717, 1.165) is 63.7 Å². The van der Waals surface area contributed by atoms with Crippen LogP contribution in [0.15, 0.2) is 65.9 Å². The van der Waals surface area contributed by atoms with Gasteiger partial charge in [0.25, 0.3) is 5.91 Å². The van der Waals surface area contributed by atoms with E-state index in [1.807, 2.05) is 19.9 Å². The first-order chi connectivity index (χ1) is 24.7. The van der Waals surface area contributed by atoms with Crippen LogP contribution in [0.3, 0.4) is 0 Å². The Morgan fingerprint density at radius 1 is 0.769 bits per heavy atom. The molecule has 1 saturated carbocycles. The number of hydrogen-bond acceptors (Lipinski definition) is 9. The summed E-state index contributed by atoms with van der Waals surface area (Å²) in [6, 6.07) is 6.99. The molecule has 2 atom stereocenters. The number of benzene rings is 1. The van der Waals surface area contributed by atoms with E-state index in [-0.39, 0.29) is 30.6 Å². The number of Topliss-reactive ketones (excluding diaryl/α,β-unsaturated/α-hetero) is 2. The number of hydrogen-bond donors (Lipinski definition) is 1. The molecule has 0 aromatic heterocycles. The zero-order valence-electron chi connectivity index (χ0n) is 30.8. The molecule has 2 unspecified atom stereocenters. The third kappa shape index (κ3) is 7.26. The van der Waals surface area contributed by atoms with E-state index in [9.17, 15) is 38.4 Å². The average Bonchev–Trinajstić information content (AvgIpc) is 3.93. The first-order valence-electron chi connectivity index (χ1n) is 17.8. The lowest BCUT2D eigenvalue weighted by Crippen LogP contribution is -2.65. The van der Waals surface area contributed by atoms with Gasteiger partial charge in [0.2, 0.25) is 17.7 Å². The molecule has 2 saturated heterocycles. The highest BCUT2D eigenvalue weighted by Gasteiger charge is 2.58. The Balaban J connectivity index is 0.000000222. The molecule has 0 bridgehead atoms. The van der Waals surface area contributed by atoms with E-state index in [1.54, 1.807) is 62.5 Å². The first kappa shape index (κ1) is 39.6. The van der Waals surface area contributed by atoms with Gasteiger partial charge in [0.05, 0.1) is 19.6 Å². The number of rotatable bonds is 8. The van der Waals surface area contributed by atoms with Crippen LogP contribution in [0.5, 0.6) is 0 Å². The standard InChI is InChI=1S/C19H20N2O4.C18H22N3O4.C2H6/c1-19(14-10-6-7-11-14)16(23)20(2)18(25)21(17(19)24)12-15(22)13-8-4-3-5-9-13;1-18(13-7-3-4-8-13)15(23)20(2)17(25)21(16(18)24)11-14(22)12-6-5-9-19-10-12;1-2/h3-5,8-10H,6-7,11-12H2,1-2H3;5-6,9-10,13,19H,3-4,7-8,11H2,1-2H3;1-2H3. The van der Waals surface area contributed by atoms with E-state index in [0.29, 0.717) is 17.6 Å². The molecule has 6 rings (SSSR count). The van der Waals surface area contributed by atoms with Crippen LogP contribution in [0.2, 0.25) is 0 Å². The quantitative estimate of drug-likeness (QED) is 0.226. The van der Waals surface area contributed by atoms with Gasteiger partial charge in [-0.1, -0.05) is 69.2 Å². The van der Waals surface area contributed by atoms with Gasteiger partial charge in [0.15, 0.2) is 11.6 Å². The van der Waals surface area contributed by atoms with E-state index in [2.05, 4.69) is 5.32 Å². The van der Waals surface area contributed by atoms with Gasteiger partial charge in [0, 0.05) is 25.2 Å². The summed E-state index contributed by atoms with van der Waals surface area (Å²) in [6.07, 6.45) is 12.7. The number of allylic oxidation sites excluding steroid dienone is 3. The van der Waals surface area contributed by atoms with Gasteiger partial charge in [0.1, 0.15) is 10.8 Å². The largest absolute Gasteiger partial charge is 0.382 e. The van der Waals surface area contributed by atoms with Gasteiger partial charge in [-0.25, -0.2) is 9.59 Å². The van der Waals surface area contributed by atoms with Crippen LogP contribution in [0.1, 0.15) is 83.0 Å². The molecule has 3 aliphatic heterocycles. The third-order valence-electron chi connectivity index (χ3n) is 10.5. The summed E-state index contributed by atoms with van der Waals surface area (Å²) in [4.78, 5) is 105. The molecule has 0 spiro atoms. The molecule has 5 aliphatic rings. The Morgan fingerprint density at radius 2 is 1.35 bits per heavy atom. The second-order valence-corrected chi connectivity index (χ2v) is 13.5. The van der Waals surface area contributed by atoms with Crippen LogP contribution in [0.25, 0.3) is 0 Å². The van der Waals surface area contributed by atoms with Crippen molar-refractivity contribution < 1.29 is 38.4 Å². The molecular weight excluding hydrogens is 666 g/mol. The maximum atomic E-state index is 13.1. The van der Waals surface area contributed by atoms with Gasteiger partial charge in [-0.3, -0.25) is 48.4 Å². The number of carbonyl (C=O) groups excluding carboxylic acids is 8. The van der Waals surface area contributed by atoms with Crippen molar-refractivity contribution in [2.75, 3.05) is 27.2 Å². The summed E-state index contributed by atoms with van der Waals surface area (Å²) in [5, 5.41) is 2.80. The van der Waals surface area contributed by atoms with Crippen molar-refractivity contribution >= 4 is 47.3 Å². The Kier molecular flexibility index (Phi) is 12.5. The molecule has 3 heterocycles. The van der Waals surface area contributed by atoms with Crippen molar-refractivity contribution in [3.8, 4) is 0 Å². The highest BCUT2D eigenvalue weighted by molar-refractivity contribution is 6.22. The summed E-state index contributed by atoms with van der Waals surface area (Å²) in [7, 11) is 2.73. The monoisotopic (exact) mass is 714 g/mol. The molecule has 277 valence electrons. The molecular formula is C39H48N5O8. The number of urea groups is 2. The Morgan fingerprint density at radius 3 is 1.90 bits per heavy atom. The van der Waals surface area contributed by atoms with Gasteiger partial charge in [-0.2, -0.15) is 0 Å². The highest BCUT2D eigenvalue weighted by atomic mass is 16.2. The number of nitrogens with one attached hydrogen (secondary N) is 1. The van der Waals surface area contributed by atoms with E-state index < -0.39 is 46.5 Å². The molecule has 1 N–H and O–H groups in total. The minimum Gasteiger partial charge on any atom is -0.382 e. The number of amides is 8. The van der Waals surface area contributed by atoms with Crippen LogP contribution >= 0.6 is 0 Å². The average molecular weight is 715 g/mol. The second-order valence-electron chi connectivity index (χ2n) is 13.5. The smallest absolute Gasteiger partial charge is 0.333 e. The second kappa shape index (κ2) is 16.4. The van der Waals surface area contributed by atoms with Crippen LogP contribution in [0.4, 0.5) is 9.59 Å².